The summed E-state index contributed by atoms with van der Waals surface area (Å²) in [5.74, 6) is 0. The average Bonchev–Trinajstić information content (AvgIpc) is 2.52. The van der Waals surface area contributed by atoms with Crippen LogP contribution < -0.4 is 10.6 Å². The maximum absolute atomic E-state index is 6.33. The van der Waals surface area contributed by atoms with Crippen LogP contribution in [-0.2, 0) is 6.42 Å². The molecule has 0 atom stereocenters. The number of hydrogen-bond donors (Lipinski definition) is 1. The molecule has 2 aromatic rings. The van der Waals surface area contributed by atoms with Crippen molar-refractivity contribution in [2.24, 2.45) is 0 Å². The molecule has 0 amide bonds. The van der Waals surface area contributed by atoms with E-state index in [4.69, 9.17) is 5.73 Å². The van der Waals surface area contributed by atoms with Crippen LogP contribution in [0.1, 0.15) is 41.5 Å². The second-order valence-corrected chi connectivity index (χ2v) is 6.55. The van der Waals surface area contributed by atoms with Crippen LogP contribution in [0.3, 0.4) is 0 Å². The monoisotopic (exact) mass is 294 g/mol. The fourth-order valence-corrected chi connectivity index (χ4v) is 3.35. The van der Waals surface area contributed by atoms with E-state index in [1.807, 2.05) is 0 Å². The highest BCUT2D eigenvalue weighted by Gasteiger charge is 2.13. The van der Waals surface area contributed by atoms with E-state index in [-0.39, 0.29) is 0 Å². The molecule has 0 aromatic heterocycles. The van der Waals surface area contributed by atoms with Gasteiger partial charge in [0.05, 0.1) is 11.4 Å². The fourth-order valence-electron chi connectivity index (χ4n) is 3.35. The van der Waals surface area contributed by atoms with Gasteiger partial charge in [-0.25, -0.2) is 0 Å². The molecule has 1 heterocycles. The first-order chi connectivity index (χ1) is 10.6. The molecular formula is C20H26N2. The normalized spacial score (nSPS) is 15.1. The Bertz CT molecular complexity index is 655. The maximum Gasteiger partial charge on any atom is 0.0600 e. The van der Waals surface area contributed by atoms with Gasteiger partial charge in [0.25, 0.3) is 0 Å². The molecule has 0 aliphatic carbocycles. The molecule has 1 aliphatic heterocycles. The minimum Gasteiger partial charge on any atom is -0.397 e. The molecule has 0 unspecified atom stereocenters. The standard InChI is InChI=1S/C20H26N2/c1-15-6-7-16(2)18(12-15)13-17-8-9-20(19(21)14-17)22-10-4-3-5-11-22/h6-9,12,14H,3-5,10-11,13,21H2,1-2H3. The van der Waals surface area contributed by atoms with E-state index in [2.05, 4.69) is 55.1 Å². The molecule has 1 fully saturated rings. The van der Waals surface area contributed by atoms with Gasteiger partial charge >= 0.3 is 0 Å². The summed E-state index contributed by atoms with van der Waals surface area (Å²) in [5, 5.41) is 0. The SMILES string of the molecule is Cc1ccc(C)c(Cc2ccc(N3CCCCC3)c(N)c2)c1. The van der Waals surface area contributed by atoms with Crippen molar-refractivity contribution in [3.63, 3.8) is 0 Å². The van der Waals surface area contributed by atoms with E-state index in [0.29, 0.717) is 0 Å². The van der Waals surface area contributed by atoms with Crippen LogP contribution in [0.4, 0.5) is 11.4 Å². The Hall–Kier alpha value is -1.96. The Morgan fingerprint density at radius 3 is 2.45 bits per heavy atom. The summed E-state index contributed by atoms with van der Waals surface area (Å²) < 4.78 is 0. The predicted molar refractivity (Wildman–Crippen MR) is 95.6 cm³/mol. The highest BCUT2D eigenvalue weighted by Crippen LogP contribution is 2.28. The van der Waals surface area contributed by atoms with E-state index in [1.54, 1.807) is 0 Å². The van der Waals surface area contributed by atoms with E-state index >= 15 is 0 Å². The van der Waals surface area contributed by atoms with Crippen LogP contribution in [0.2, 0.25) is 0 Å². The quantitative estimate of drug-likeness (QED) is 0.846. The van der Waals surface area contributed by atoms with Gasteiger partial charge in [-0.1, -0.05) is 29.8 Å². The molecule has 1 saturated heterocycles. The number of nitrogens with zero attached hydrogens (tertiary/aromatic N) is 1. The topological polar surface area (TPSA) is 29.3 Å². The molecule has 2 nitrogen and oxygen atoms in total. The number of nitrogen functional groups attached to an aromatic ring is 1. The smallest absolute Gasteiger partial charge is 0.0600 e. The van der Waals surface area contributed by atoms with Crippen LogP contribution in [0.5, 0.6) is 0 Å². The first-order valence-corrected chi connectivity index (χ1v) is 8.33. The summed E-state index contributed by atoms with van der Waals surface area (Å²) in [6.07, 6.45) is 4.87. The van der Waals surface area contributed by atoms with Gasteiger partial charge in [0.1, 0.15) is 0 Å². The lowest BCUT2D eigenvalue weighted by molar-refractivity contribution is 0.578. The van der Waals surface area contributed by atoms with Crippen molar-refractivity contribution in [3.05, 3.63) is 58.7 Å². The second-order valence-electron chi connectivity index (χ2n) is 6.55. The van der Waals surface area contributed by atoms with Gasteiger partial charge in [-0.2, -0.15) is 0 Å². The fraction of sp³-hybridized carbons (Fsp3) is 0.400. The Morgan fingerprint density at radius 2 is 1.73 bits per heavy atom. The molecule has 3 rings (SSSR count). The average molecular weight is 294 g/mol. The zero-order valence-electron chi connectivity index (χ0n) is 13.7. The lowest BCUT2D eigenvalue weighted by Gasteiger charge is -2.30. The van der Waals surface area contributed by atoms with Crippen molar-refractivity contribution in [1.29, 1.82) is 0 Å². The van der Waals surface area contributed by atoms with Crippen LogP contribution in [-0.4, -0.2) is 13.1 Å². The number of hydrogen-bond acceptors (Lipinski definition) is 2. The summed E-state index contributed by atoms with van der Waals surface area (Å²) in [5.41, 5.74) is 13.8. The Labute approximate surface area is 134 Å². The van der Waals surface area contributed by atoms with Gasteiger partial charge in [0.2, 0.25) is 0 Å². The van der Waals surface area contributed by atoms with Crippen LogP contribution in [0, 0.1) is 13.8 Å². The largest absolute Gasteiger partial charge is 0.397 e. The van der Waals surface area contributed by atoms with E-state index in [1.165, 1.54) is 47.2 Å². The zero-order valence-corrected chi connectivity index (χ0v) is 13.7. The van der Waals surface area contributed by atoms with E-state index in [0.717, 1.165) is 25.2 Å². The molecule has 2 aromatic carbocycles. The lowest BCUT2D eigenvalue weighted by atomic mass is 9.98. The van der Waals surface area contributed by atoms with Gasteiger partial charge in [-0.15, -0.1) is 0 Å². The maximum atomic E-state index is 6.33. The van der Waals surface area contributed by atoms with Gasteiger partial charge < -0.3 is 10.6 Å². The highest BCUT2D eigenvalue weighted by atomic mass is 15.1. The molecular weight excluding hydrogens is 268 g/mol. The minimum absolute atomic E-state index is 0.921. The van der Waals surface area contributed by atoms with Crippen molar-refractivity contribution in [1.82, 2.24) is 0 Å². The molecule has 0 radical (unpaired) electrons. The first kappa shape index (κ1) is 15.0. The van der Waals surface area contributed by atoms with E-state index < -0.39 is 0 Å². The zero-order chi connectivity index (χ0) is 15.5. The highest BCUT2D eigenvalue weighted by molar-refractivity contribution is 5.69. The van der Waals surface area contributed by atoms with Crippen LogP contribution >= 0.6 is 0 Å². The molecule has 116 valence electrons. The lowest BCUT2D eigenvalue weighted by Crippen LogP contribution is -2.30. The van der Waals surface area contributed by atoms with Gasteiger partial charge in [0.15, 0.2) is 0 Å². The molecule has 2 heteroatoms. The summed E-state index contributed by atoms with van der Waals surface area (Å²) in [4.78, 5) is 2.43. The summed E-state index contributed by atoms with van der Waals surface area (Å²) in [6.45, 7) is 6.61. The number of anilines is 2. The van der Waals surface area contributed by atoms with Crippen molar-refractivity contribution in [3.8, 4) is 0 Å². The van der Waals surface area contributed by atoms with Crippen molar-refractivity contribution in [2.75, 3.05) is 23.7 Å². The molecule has 1 aliphatic rings. The predicted octanol–water partition coefficient (Wildman–Crippen LogP) is 4.47. The number of nitrogens with two attached hydrogens (primary N) is 1. The number of rotatable bonds is 3. The number of benzene rings is 2. The molecule has 0 spiro atoms. The van der Waals surface area contributed by atoms with Crippen molar-refractivity contribution in [2.45, 2.75) is 39.5 Å². The summed E-state index contributed by atoms with van der Waals surface area (Å²) >= 11 is 0. The molecule has 2 N–H and O–H groups in total. The molecule has 0 saturated carbocycles. The third kappa shape index (κ3) is 3.27. The third-order valence-electron chi connectivity index (χ3n) is 4.69. The third-order valence-corrected chi connectivity index (χ3v) is 4.69. The Kier molecular flexibility index (Phi) is 4.37. The number of aryl methyl sites for hydroxylation is 2. The molecule has 22 heavy (non-hydrogen) atoms. The van der Waals surface area contributed by atoms with Gasteiger partial charge in [-0.3, -0.25) is 0 Å². The first-order valence-electron chi connectivity index (χ1n) is 8.33. The van der Waals surface area contributed by atoms with E-state index in [9.17, 15) is 0 Å². The van der Waals surface area contributed by atoms with Gasteiger partial charge in [-0.05, 0) is 68.4 Å². The van der Waals surface area contributed by atoms with Crippen LogP contribution in [0.15, 0.2) is 36.4 Å². The van der Waals surface area contributed by atoms with Crippen molar-refractivity contribution >= 4 is 11.4 Å². The molecule has 0 bridgehead atoms. The number of piperidine rings is 1. The summed E-state index contributed by atoms with van der Waals surface area (Å²) in [6, 6.07) is 13.3. The minimum atomic E-state index is 0.921. The summed E-state index contributed by atoms with van der Waals surface area (Å²) in [7, 11) is 0. The Morgan fingerprint density at radius 1 is 0.955 bits per heavy atom. The van der Waals surface area contributed by atoms with Gasteiger partial charge in [0, 0.05) is 13.1 Å². The van der Waals surface area contributed by atoms with Crippen LogP contribution in [0.25, 0.3) is 0 Å². The Balaban J connectivity index is 1.81. The van der Waals surface area contributed by atoms with Crippen molar-refractivity contribution < 1.29 is 0 Å². The second kappa shape index (κ2) is 6.43.